The molecule has 5 heterocycles. The molecule has 4 unspecified atom stereocenters. The third-order valence-corrected chi connectivity index (χ3v) is 14.2. The largest absolute Gasteiger partial charge is 0.481 e. The lowest BCUT2D eigenvalue weighted by Gasteiger charge is -2.48. The van der Waals surface area contributed by atoms with Gasteiger partial charge < -0.3 is 79.0 Å². The minimum Gasteiger partial charge on any atom is -0.481 e. The van der Waals surface area contributed by atoms with Gasteiger partial charge in [0.1, 0.15) is 18.1 Å². The molecule has 20 heteroatoms. The number of fused-ring (bicyclic) bond motifs is 6. The van der Waals surface area contributed by atoms with Crippen molar-refractivity contribution < 1.29 is 82.9 Å². The molecule has 70 heavy (non-hydrogen) atoms. The van der Waals surface area contributed by atoms with Gasteiger partial charge in [0.25, 0.3) is 0 Å². The van der Waals surface area contributed by atoms with Gasteiger partial charge in [-0.05, 0) is 26.7 Å². The number of nitrogens with two attached hydrogens (primary N) is 1. The normalized spacial score (nSPS) is 46.8. The summed E-state index contributed by atoms with van der Waals surface area (Å²) in [6.07, 6.45) is 13.3. The number of ether oxygens (including phenoxy) is 9. The fourth-order valence-electron chi connectivity index (χ4n) is 9.37. The highest BCUT2D eigenvalue weighted by atomic mass is 31.0. The second kappa shape index (κ2) is 28.2. The lowest BCUT2D eigenvalue weighted by Crippen LogP contribution is -2.61. The molecule has 18 nitrogen and oxygen atoms in total. The molecular formula is C50H77NO17P2. The Morgan fingerprint density at radius 3 is 1.89 bits per heavy atom. The summed E-state index contributed by atoms with van der Waals surface area (Å²) in [6.45, 7) is 7.10. The molecule has 4 saturated heterocycles. The van der Waals surface area contributed by atoms with E-state index in [1.54, 1.807) is 44.2 Å². The number of methoxy groups -OCH3 is 1. The number of carbonyl (C=O) groups excluding carboxylic acids is 1. The number of cyclic esters (lactones) is 1. The number of allylic oxidation sites excluding steroid dienone is 12. The van der Waals surface area contributed by atoms with Crippen LogP contribution in [0.3, 0.4) is 0 Å². The number of carboxylic acid groups (broad SMARTS) is 1. The fraction of sp³-hybridized carbons (Fsp3) is 0.680. The molecule has 5 aliphatic heterocycles. The third kappa shape index (κ3) is 17.3. The topological polar surface area (TPSA) is 265 Å². The van der Waals surface area contributed by atoms with Crippen LogP contribution >= 0.6 is 18.5 Å². The molecule has 6 bridgehead atoms. The molecule has 8 N–H and O–H groups in total. The van der Waals surface area contributed by atoms with E-state index >= 15 is 0 Å². The Labute approximate surface area is 416 Å². The second-order valence-corrected chi connectivity index (χ2v) is 20.0. The summed E-state index contributed by atoms with van der Waals surface area (Å²) in [7, 11) is 6.32. The van der Waals surface area contributed by atoms with E-state index in [-0.39, 0.29) is 56.5 Å². The van der Waals surface area contributed by atoms with Gasteiger partial charge in [-0.25, -0.2) is 0 Å². The Kier molecular flexibility index (Phi) is 23.5. The number of carboxylic acids is 1. The van der Waals surface area contributed by atoms with E-state index in [2.05, 4.69) is 18.5 Å². The lowest BCUT2D eigenvalue weighted by molar-refractivity contribution is -0.326. The smallest absolute Gasteiger partial charge is 0.311 e. The highest BCUT2D eigenvalue weighted by Gasteiger charge is 2.53. The average Bonchev–Trinajstić information content (AvgIpc) is 3.30. The predicted molar refractivity (Wildman–Crippen MR) is 264 cm³/mol. The number of aliphatic hydroxyl groups excluding tert-OH is 5. The van der Waals surface area contributed by atoms with Crippen LogP contribution in [0, 0.1) is 17.8 Å². The zero-order valence-corrected chi connectivity index (χ0v) is 43.0. The van der Waals surface area contributed by atoms with E-state index in [1.807, 2.05) is 68.5 Å². The van der Waals surface area contributed by atoms with Gasteiger partial charge >= 0.3 is 11.9 Å². The first-order chi connectivity index (χ1) is 33.3. The van der Waals surface area contributed by atoms with Crippen molar-refractivity contribution in [3.8, 4) is 0 Å². The summed E-state index contributed by atoms with van der Waals surface area (Å²) < 4.78 is 54.5. The van der Waals surface area contributed by atoms with Gasteiger partial charge in [-0.2, -0.15) is 0 Å². The predicted octanol–water partition coefficient (Wildman–Crippen LogP) is 3.81. The van der Waals surface area contributed by atoms with Crippen molar-refractivity contribution in [2.75, 3.05) is 7.11 Å². The molecule has 23 atom stereocenters. The number of aliphatic carboxylic acids is 1. The van der Waals surface area contributed by atoms with Gasteiger partial charge in [0.15, 0.2) is 24.1 Å². The number of aliphatic hydroxyl groups is 5. The Bertz CT molecular complexity index is 1870. The highest BCUT2D eigenvalue weighted by molar-refractivity contribution is 7.17. The molecule has 5 rings (SSSR count). The summed E-state index contributed by atoms with van der Waals surface area (Å²) in [4.78, 5) is 25.9. The van der Waals surface area contributed by atoms with Crippen LogP contribution < -0.4 is 5.73 Å². The highest BCUT2D eigenvalue weighted by Crippen LogP contribution is 2.42. The van der Waals surface area contributed by atoms with Gasteiger partial charge in [-0.15, -0.1) is 0 Å². The summed E-state index contributed by atoms with van der Waals surface area (Å²) in [5.74, 6) is -5.31. The maximum absolute atomic E-state index is 13.1. The summed E-state index contributed by atoms with van der Waals surface area (Å²) in [6, 6.07) is -2.62. The van der Waals surface area contributed by atoms with Crippen LogP contribution in [0.4, 0.5) is 0 Å². The van der Waals surface area contributed by atoms with Gasteiger partial charge in [0.2, 0.25) is 0 Å². The van der Waals surface area contributed by atoms with Crippen molar-refractivity contribution in [3.63, 3.8) is 0 Å². The summed E-state index contributed by atoms with van der Waals surface area (Å²) >= 11 is 0. The quantitative estimate of drug-likeness (QED) is 0.156. The molecule has 0 radical (unpaired) electrons. The van der Waals surface area contributed by atoms with E-state index in [9.17, 15) is 40.2 Å². The van der Waals surface area contributed by atoms with Crippen molar-refractivity contribution in [3.05, 3.63) is 85.1 Å². The summed E-state index contributed by atoms with van der Waals surface area (Å²) in [5, 5.41) is 66.0. The zero-order chi connectivity index (χ0) is 51.1. The van der Waals surface area contributed by atoms with Crippen molar-refractivity contribution >= 4 is 30.4 Å². The Morgan fingerprint density at radius 2 is 1.26 bits per heavy atom. The molecule has 0 aliphatic carbocycles. The molecule has 394 valence electrons. The van der Waals surface area contributed by atoms with Crippen LogP contribution in [0.15, 0.2) is 85.1 Å². The zero-order valence-electron chi connectivity index (χ0n) is 40.7. The molecule has 0 saturated carbocycles. The van der Waals surface area contributed by atoms with Gasteiger partial charge in [0, 0.05) is 51.0 Å². The van der Waals surface area contributed by atoms with Gasteiger partial charge in [-0.1, -0.05) is 117 Å². The molecule has 0 aromatic carbocycles. The first kappa shape index (κ1) is 58.3. The monoisotopic (exact) mass is 1030 g/mol. The van der Waals surface area contributed by atoms with Gasteiger partial charge in [0.05, 0.1) is 79.6 Å². The molecule has 0 spiro atoms. The molecule has 0 aromatic rings. The Hall–Kier alpha value is -2.58. The minimum absolute atomic E-state index is 0.0228. The van der Waals surface area contributed by atoms with E-state index < -0.39 is 121 Å². The van der Waals surface area contributed by atoms with E-state index in [0.29, 0.717) is 12.8 Å². The van der Waals surface area contributed by atoms with Crippen LogP contribution in [-0.2, 0) is 52.2 Å². The van der Waals surface area contributed by atoms with Crippen LogP contribution in [0.5, 0.6) is 0 Å². The first-order valence-electron chi connectivity index (χ1n) is 24.2. The number of rotatable bonds is 4. The molecule has 0 amide bonds. The standard InChI is InChI=1S/C50H77NO17P2/c1-28-18-16-14-12-10-8-6-7-9-11-13-15-17-19-32(63-47-45(57)42(51)44(56)31(4)62-47)23-39-41(46(58)59)37(53)27-50(60-5,68-39)26-35-24-38(67-49(70)66-35)36(52)21-20-33-22-34(65-48(69)64-33)25-40(54)61-30(3)29(2)43(28)55/h6-19,28-39,41-45,47-49,52-53,55-57H,20-27,51,69-70H2,1-5H3,(H,58,59)/b7-6+,10-8+,11-9+,14-12+,15-13+,18-16+,19-17+/t28-,29-,30-,31+,32-,33+,34+,35-,36+,37-,38+,39-,41+,42-,43+,44+,45+,47-,48?,49?,50+/m0/s1. The maximum Gasteiger partial charge on any atom is 0.311 e. The lowest BCUT2D eigenvalue weighted by atomic mass is 9.82. The van der Waals surface area contributed by atoms with Crippen LogP contribution in [-0.4, -0.2) is 159 Å². The van der Waals surface area contributed by atoms with Crippen molar-refractivity contribution in [2.24, 2.45) is 23.5 Å². The fourth-order valence-corrected chi connectivity index (χ4v) is 10.2. The van der Waals surface area contributed by atoms with E-state index in [0.717, 1.165) is 0 Å². The van der Waals surface area contributed by atoms with Crippen LogP contribution in [0.1, 0.15) is 79.1 Å². The van der Waals surface area contributed by atoms with Gasteiger partial charge in [-0.3, -0.25) is 9.59 Å². The SMILES string of the molecule is CO[C@]12C[C@@H]3C[C@@H](OC(P)O3)[C@H](O)CC[C@@H]3C[C@H](CC(=O)O[C@@H](C)[C@H](C)[C@H](O)[C@@H](C)/C=C/C=C/C=C/C=C/C=C/C=C/C=C/[C@H](O[C@@H]4O[C@H](C)[C@@H](O)[C@H](N)[C@H]4O)C[C@H](O1)[C@H](C(=O)O)[C@@H](O)C2)OC(P)O3. The Morgan fingerprint density at radius 1 is 0.671 bits per heavy atom. The third-order valence-electron chi connectivity index (χ3n) is 13.6. The number of hydrogen-bond acceptors (Lipinski definition) is 17. The van der Waals surface area contributed by atoms with E-state index in [4.69, 9.17) is 48.4 Å². The molecule has 0 aromatic heterocycles. The van der Waals surface area contributed by atoms with Crippen LogP contribution in [0.2, 0.25) is 0 Å². The van der Waals surface area contributed by atoms with Crippen molar-refractivity contribution in [2.45, 2.75) is 189 Å². The average molecular weight is 1030 g/mol. The van der Waals surface area contributed by atoms with Crippen LogP contribution in [0.25, 0.3) is 0 Å². The van der Waals surface area contributed by atoms with Crippen molar-refractivity contribution in [1.29, 1.82) is 0 Å². The number of hydrogen-bond donors (Lipinski definition) is 7. The molecule has 4 fully saturated rings. The Balaban J connectivity index is 1.39. The van der Waals surface area contributed by atoms with E-state index in [1.165, 1.54) is 7.11 Å². The maximum atomic E-state index is 13.1. The second-order valence-electron chi connectivity index (χ2n) is 18.9. The number of carbonyl (C=O) groups is 2. The summed E-state index contributed by atoms with van der Waals surface area (Å²) in [5.41, 5.74) is 6.12. The first-order valence-corrected chi connectivity index (χ1v) is 25.6. The molecule has 5 aliphatic rings. The minimum atomic E-state index is -1.56. The van der Waals surface area contributed by atoms with Crippen molar-refractivity contribution in [1.82, 2.24) is 0 Å². The molecular weight excluding hydrogens is 948 g/mol. The number of esters is 1.